The summed E-state index contributed by atoms with van der Waals surface area (Å²) >= 11 is 0. The van der Waals surface area contributed by atoms with Gasteiger partial charge in [0.05, 0.1) is 24.6 Å². The number of hydrogen-bond donors (Lipinski definition) is 0. The highest BCUT2D eigenvalue weighted by molar-refractivity contribution is 7.89. The number of rotatable bonds is 6. The molecule has 0 fully saturated rings. The summed E-state index contributed by atoms with van der Waals surface area (Å²) in [6.07, 6.45) is 3.61. The molecule has 0 saturated carbocycles. The van der Waals surface area contributed by atoms with Crippen molar-refractivity contribution in [1.82, 2.24) is 9.21 Å². The van der Waals surface area contributed by atoms with E-state index in [9.17, 15) is 17.6 Å². The maximum atomic E-state index is 13.7. The highest BCUT2D eigenvalue weighted by atomic mass is 32.2. The first-order chi connectivity index (χ1) is 18.3. The molecule has 0 spiro atoms. The fourth-order valence-corrected chi connectivity index (χ4v) is 5.97. The second-order valence-electron chi connectivity index (χ2n) is 9.10. The van der Waals surface area contributed by atoms with E-state index in [-0.39, 0.29) is 36.3 Å². The Morgan fingerprint density at radius 2 is 1.63 bits per heavy atom. The van der Waals surface area contributed by atoms with E-state index in [2.05, 4.69) is 0 Å². The molecule has 4 aromatic carbocycles. The van der Waals surface area contributed by atoms with E-state index in [1.165, 1.54) is 16.4 Å². The monoisotopic (exact) mass is 530 g/mol. The largest absolute Gasteiger partial charge is 0.497 e. The molecule has 194 valence electrons. The molecule has 0 radical (unpaired) electrons. The van der Waals surface area contributed by atoms with E-state index in [0.29, 0.717) is 5.75 Å². The lowest BCUT2D eigenvalue weighted by Gasteiger charge is -2.34. The number of fused-ring (bicyclic) bond motifs is 1. The van der Waals surface area contributed by atoms with Crippen LogP contribution in [0, 0.1) is 5.82 Å². The first-order valence-corrected chi connectivity index (χ1v) is 13.6. The van der Waals surface area contributed by atoms with Gasteiger partial charge in [-0.1, -0.05) is 66.7 Å². The number of sulfonamides is 1. The van der Waals surface area contributed by atoms with Crippen LogP contribution in [-0.2, 0) is 21.4 Å². The Labute approximate surface area is 221 Å². The molecule has 1 unspecified atom stereocenters. The summed E-state index contributed by atoms with van der Waals surface area (Å²) in [4.78, 5) is 15.5. The van der Waals surface area contributed by atoms with Crippen molar-refractivity contribution in [2.24, 2.45) is 0 Å². The van der Waals surface area contributed by atoms with Crippen LogP contribution in [-0.4, -0.2) is 43.7 Å². The number of ether oxygens (including phenoxy) is 1. The van der Waals surface area contributed by atoms with Crippen molar-refractivity contribution in [2.45, 2.75) is 17.5 Å². The summed E-state index contributed by atoms with van der Waals surface area (Å²) in [5.41, 5.74) is 1.58. The van der Waals surface area contributed by atoms with Gasteiger partial charge in [0.15, 0.2) is 0 Å². The number of benzene rings is 4. The topological polar surface area (TPSA) is 66.9 Å². The van der Waals surface area contributed by atoms with Crippen LogP contribution in [0.3, 0.4) is 0 Å². The van der Waals surface area contributed by atoms with Crippen LogP contribution in [0.15, 0.2) is 108 Å². The average molecular weight is 531 g/mol. The predicted octanol–water partition coefficient (Wildman–Crippen LogP) is 5.32. The molecule has 1 atom stereocenters. The average Bonchev–Trinajstić information content (AvgIpc) is 2.93. The van der Waals surface area contributed by atoms with Crippen LogP contribution in [0.2, 0.25) is 0 Å². The van der Waals surface area contributed by atoms with Gasteiger partial charge in [0.2, 0.25) is 15.9 Å². The molecule has 1 aliphatic rings. The van der Waals surface area contributed by atoms with E-state index in [0.717, 1.165) is 21.9 Å². The number of hydrogen-bond acceptors (Lipinski definition) is 4. The molecule has 1 aliphatic heterocycles. The zero-order chi connectivity index (χ0) is 26.7. The third-order valence-electron chi connectivity index (χ3n) is 6.68. The minimum atomic E-state index is -3.95. The number of methoxy groups -OCH3 is 1. The van der Waals surface area contributed by atoms with Gasteiger partial charge in [-0.2, -0.15) is 4.31 Å². The first-order valence-electron chi connectivity index (χ1n) is 12.2. The normalized spacial score (nSPS) is 16.8. The maximum absolute atomic E-state index is 13.7. The van der Waals surface area contributed by atoms with E-state index in [1.807, 2.05) is 54.6 Å². The van der Waals surface area contributed by atoms with Gasteiger partial charge < -0.3 is 9.64 Å². The van der Waals surface area contributed by atoms with Gasteiger partial charge in [0.25, 0.3) is 0 Å². The van der Waals surface area contributed by atoms with Crippen molar-refractivity contribution >= 4 is 26.7 Å². The van der Waals surface area contributed by atoms with Crippen LogP contribution < -0.4 is 4.74 Å². The summed E-state index contributed by atoms with van der Waals surface area (Å²) < 4.78 is 47.3. The third kappa shape index (κ3) is 5.32. The molecule has 0 aromatic heterocycles. The Bertz CT molecular complexity index is 1590. The zero-order valence-corrected chi connectivity index (χ0v) is 21.6. The Balaban J connectivity index is 1.50. The number of halogens is 1. The van der Waals surface area contributed by atoms with E-state index < -0.39 is 16.1 Å². The fourth-order valence-electron chi connectivity index (χ4n) is 4.60. The molecule has 0 N–H and O–H groups in total. The van der Waals surface area contributed by atoms with Crippen molar-refractivity contribution < 1.29 is 22.3 Å². The minimum Gasteiger partial charge on any atom is -0.497 e. The maximum Gasteiger partial charge on any atom is 0.243 e. The second kappa shape index (κ2) is 10.8. The molecule has 1 heterocycles. The van der Waals surface area contributed by atoms with Crippen molar-refractivity contribution in [3.8, 4) is 5.75 Å². The smallest absolute Gasteiger partial charge is 0.243 e. The summed E-state index contributed by atoms with van der Waals surface area (Å²) in [6.45, 7) is -0.0880. The van der Waals surface area contributed by atoms with Crippen molar-refractivity contribution in [1.29, 1.82) is 0 Å². The van der Waals surface area contributed by atoms with Crippen LogP contribution in [0.4, 0.5) is 4.39 Å². The highest BCUT2D eigenvalue weighted by Crippen LogP contribution is 2.29. The Morgan fingerprint density at radius 3 is 2.34 bits per heavy atom. The van der Waals surface area contributed by atoms with Crippen LogP contribution in [0.5, 0.6) is 5.75 Å². The van der Waals surface area contributed by atoms with Gasteiger partial charge >= 0.3 is 0 Å². The molecule has 38 heavy (non-hydrogen) atoms. The third-order valence-corrected chi connectivity index (χ3v) is 8.49. The lowest BCUT2D eigenvalue weighted by atomic mass is 10.0. The molecular formula is C30H27FN2O4S. The minimum absolute atomic E-state index is 0.0535. The predicted molar refractivity (Wildman–Crippen MR) is 145 cm³/mol. The van der Waals surface area contributed by atoms with Gasteiger partial charge in [0.1, 0.15) is 11.6 Å². The summed E-state index contributed by atoms with van der Waals surface area (Å²) in [7, 11) is -2.37. The molecule has 4 aromatic rings. The van der Waals surface area contributed by atoms with Gasteiger partial charge in [-0.25, -0.2) is 12.8 Å². The molecule has 6 nitrogen and oxygen atoms in total. The molecule has 0 bridgehead atoms. The Hall–Kier alpha value is -4.01. The molecule has 0 saturated heterocycles. The SMILES string of the molecule is COc1ccc(C2C=CCN(S(=O)(=O)c3ccc4ccccc4c3)CC(=O)N2Cc2ccc(F)cc2)cc1. The summed E-state index contributed by atoms with van der Waals surface area (Å²) in [6, 6.07) is 25.4. The molecule has 1 amide bonds. The van der Waals surface area contributed by atoms with Gasteiger partial charge in [-0.3, -0.25) is 4.79 Å². The van der Waals surface area contributed by atoms with E-state index in [4.69, 9.17) is 4.74 Å². The summed E-state index contributed by atoms with van der Waals surface area (Å²) in [5.74, 6) is -0.0384. The zero-order valence-electron chi connectivity index (χ0n) is 20.8. The lowest BCUT2D eigenvalue weighted by Crippen LogP contribution is -2.45. The van der Waals surface area contributed by atoms with Gasteiger partial charge in [-0.05, 0) is 58.3 Å². The lowest BCUT2D eigenvalue weighted by molar-refractivity contribution is -0.133. The fraction of sp³-hybridized carbons (Fsp3) is 0.167. The van der Waals surface area contributed by atoms with Crippen LogP contribution in [0.25, 0.3) is 10.8 Å². The number of carbonyl (C=O) groups excluding carboxylic acids is 1. The van der Waals surface area contributed by atoms with Crippen molar-refractivity contribution in [3.05, 3.63) is 120 Å². The van der Waals surface area contributed by atoms with Gasteiger partial charge in [-0.15, -0.1) is 0 Å². The Morgan fingerprint density at radius 1 is 0.921 bits per heavy atom. The standard InChI is InChI=1S/C30H27FN2O4S/c1-37-27-15-10-24(11-16-27)29-7-4-18-32(21-30(34)33(29)20-22-8-13-26(31)14-9-22)38(35,36)28-17-12-23-5-2-3-6-25(23)19-28/h2-17,19,29H,18,20-21H2,1H3. The van der Waals surface area contributed by atoms with Crippen LogP contribution in [0.1, 0.15) is 17.2 Å². The molecule has 0 aliphatic carbocycles. The molecule has 8 heteroatoms. The number of nitrogens with zero attached hydrogens (tertiary/aromatic N) is 2. The van der Waals surface area contributed by atoms with Crippen molar-refractivity contribution in [2.75, 3.05) is 20.2 Å². The highest BCUT2D eigenvalue weighted by Gasteiger charge is 2.32. The van der Waals surface area contributed by atoms with Gasteiger partial charge in [0, 0.05) is 13.1 Å². The second-order valence-corrected chi connectivity index (χ2v) is 11.0. The number of carbonyl (C=O) groups is 1. The Kier molecular flexibility index (Phi) is 7.26. The first kappa shape index (κ1) is 25.6. The van der Waals surface area contributed by atoms with E-state index >= 15 is 0 Å². The molecular weight excluding hydrogens is 503 g/mol. The van der Waals surface area contributed by atoms with E-state index in [1.54, 1.807) is 48.4 Å². The quantitative estimate of drug-likeness (QED) is 0.317. The summed E-state index contributed by atoms with van der Waals surface area (Å²) in [5, 5.41) is 1.74. The van der Waals surface area contributed by atoms with Crippen LogP contribution >= 0.6 is 0 Å². The molecule has 5 rings (SSSR count). The van der Waals surface area contributed by atoms with Crippen molar-refractivity contribution in [3.63, 3.8) is 0 Å². The number of amides is 1.